The Kier molecular flexibility index (Phi) is 2.88. The van der Waals surface area contributed by atoms with E-state index in [2.05, 4.69) is 13.2 Å². The Morgan fingerprint density at radius 1 is 1.12 bits per heavy atom. The molecule has 0 aliphatic rings. The van der Waals surface area contributed by atoms with E-state index >= 15 is 0 Å². The predicted molar refractivity (Wildman–Crippen MR) is 68.2 cm³/mol. The second kappa shape index (κ2) is 4.33. The van der Waals surface area contributed by atoms with Crippen LogP contribution in [0.25, 0.3) is 10.8 Å². The van der Waals surface area contributed by atoms with Crippen molar-refractivity contribution in [3.63, 3.8) is 0 Å². The van der Waals surface area contributed by atoms with Crippen molar-refractivity contribution in [2.24, 2.45) is 0 Å². The summed E-state index contributed by atoms with van der Waals surface area (Å²) < 4.78 is 0. The second-order valence-corrected chi connectivity index (χ2v) is 3.75. The fourth-order valence-electron chi connectivity index (χ4n) is 1.80. The summed E-state index contributed by atoms with van der Waals surface area (Å²) in [7, 11) is 0. The Hall–Kier alpha value is -1.86. The van der Waals surface area contributed by atoms with E-state index in [4.69, 9.17) is 0 Å². The molecule has 0 aliphatic carbocycles. The van der Waals surface area contributed by atoms with Crippen molar-refractivity contribution >= 4 is 10.8 Å². The lowest BCUT2D eigenvalue weighted by molar-refractivity contribution is 0.222. The highest BCUT2D eigenvalue weighted by atomic mass is 16.3. The minimum absolute atomic E-state index is 0.622. The molecule has 80 valence electrons. The molecule has 2 aromatic carbocycles. The van der Waals surface area contributed by atoms with Gasteiger partial charge in [-0.1, -0.05) is 61.7 Å². The average molecular weight is 210 g/mol. The molecule has 0 saturated heterocycles. The summed E-state index contributed by atoms with van der Waals surface area (Å²) in [5.41, 5.74) is 1.50. The normalized spacial score (nSPS) is 12.3. The molecule has 0 heterocycles. The number of rotatable bonds is 3. The second-order valence-electron chi connectivity index (χ2n) is 3.75. The number of hydrogen-bond acceptors (Lipinski definition) is 1. The van der Waals surface area contributed by atoms with Gasteiger partial charge >= 0.3 is 0 Å². The lowest BCUT2D eigenvalue weighted by atomic mass is 9.96. The maximum atomic E-state index is 10.1. The van der Waals surface area contributed by atoms with E-state index < -0.39 is 6.10 Å². The molecule has 16 heavy (non-hydrogen) atoms. The van der Waals surface area contributed by atoms with Gasteiger partial charge in [-0.05, 0) is 21.9 Å². The molecule has 0 aromatic heterocycles. The molecule has 0 unspecified atom stereocenters. The number of fused-ring (bicyclic) bond motifs is 1. The van der Waals surface area contributed by atoms with Gasteiger partial charge < -0.3 is 5.11 Å². The summed E-state index contributed by atoms with van der Waals surface area (Å²) in [5.74, 6) is 0. The van der Waals surface area contributed by atoms with Crippen LogP contribution < -0.4 is 0 Å². The van der Waals surface area contributed by atoms with Crippen molar-refractivity contribution in [3.05, 3.63) is 72.8 Å². The van der Waals surface area contributed by atoms with Crippen LogP contribution in [0, 0.1) is 0 Å². The fourth-order valence-corrected chi connectivity index (χ4v) is 1.80. The van der Waals surface area contributed by atoms with Gasteiger partial charge in [0, 0.05) is 0 Å². The molecule has 0 saturated carbocycles. The standard InChI is InChI=1S/C15H14O/c1-3-11(2)15(16)14-10-6-8-12-7-4-5-9-13(12)14/h3-10,15-16H,1-2H2/t15-/m1/s1. The van der Waals surface area contributed by atoms with E-state index in [0.29, 0.717) is 5.57 Å². The van der Waals surface area contributed by atoms with Crippen molar-refractivity contribution in [1.82, 2.24) is 0 Å². The van der Waals surface area contributed by atoms with Crippen molar-refractivity contribution in [2.45, 2.75) is 6.10 Å². The first-order valence-corrected chi connectivity index (χ1v) is 5.21. The monoisotopic (exact) mass is 210 g/mol. The first kappa shape index (κ1) is 10.7. The predicted octanol–water partition coefficient (Wildman–Crippen LogP) is 3.62. The summed E-state index contributed by atoms with van der Waals surface area (Å²) in [6, 6.07) is 13.9. The van der Waals surface area contributed by atoms with Gasteiger partial charge in [-0.2, -0.15) is 0 Å². The van der Waals surface area contributed by atoms with Crippen molar-refractivity contribution in [2.75, 3.05) is 0 Å². The molecule has 2 rings (SSSR count). The maximum Gasteiger partial charge on any atom is 0.104 e. The van der Waals surface area contributed by atoms with Crippen molar-refractivity contribution in [1.29, 1.82) is 0 Å². The smallest absolute Gasteiger partial charge is 0.104 e. The van der Waals surface area contributed by atoms with Crippen LogP contribution in [-0.4, -0.2) is 5.11 Å². The molecule has 1 atom stereocenters. The largest absolute Gasteiger partial charge is 0.384 e. The molecule has 1 N–H and O–H groups in total. The molecule has 0 spiro atoms. The third kappa shape index (κ3) is 1.77. The Bertz CT molecular complexity index is 535. The Morgan fingerprint density at radius 3 is 2.56 bits per heavy atom. The summed E-state index contributed by atoms with van der Waals surface area (Å²) >= 11 is 0. The van der Waals surface area contributed by atoms with E-state index in [-0.39, 0.29) is 0 Å². The van der Waals surface area contributed by atoms with Gasteiger partial charge in [0.05, 0.1) is 0 Å². The minimum atomic E-state index is -0.677. The maximum absolute atomic E-state index is 10.1. The summed E-state index contributed by atoms with van der Waals surface area (Å²) in [4.78, 5) is 0. The van der Waals surface area contributed by atoms with Crippen LogP contribution in [-0.2, 0) is 0 Å². The van der Waals surface area contributed by atoms with Gasteiger partial charge in [0.15, 0.2) is 0 Å². The van der Waals surface area contributed by atoms with Gasteiger partial charge in [-0.3, -0.25) is 0 Å². The van der Waals surface area contributed by atoms with Crippen LogP contribution in [0.15, 0.2) is 67.3 Å². The van der Waals surface area contributed by atoms with Crippen LogP contribution in [0.3, 0.4) is 0 Å². The third-order valence-electron chi connectivity index (χ3n) is 2.73. The number of aliphatic hydroxyl groups is 1. The minimum Gasteiger partial charge on any atom is -0.384 e. The van der Waals surface area contributed by atoms with Crippen LogP contribution in [0.4, 0.5) is 0 Å². The molecule has 1 heteroatoms. The number of benzene rings is 2. The first-order valence-electron chi connectivity index (χ1n) is 5.21. The fraction of sp³-hybridized carbons (Fsp3) is 0.0667. The van der Waals surface area contributed by atoms with E-state index in [1.807, 2.05) is 42.5 Å². The average Bonchev–Trinajstić information content (AvgIpc) is 2.36. The lowest BCUT2D eigenvalue weighted by Gasteiger charge is -2.13. The molecule has 0 amide bonds. The first-order chi connectivity index (χ1) is 7.74. The highest BCUT2D eigenvalue weighted by Gasteiger charge is 2.11. The lowest BCUT2D eigenvalue weighted by Crippen LogP contribution is -1.99. The molecule has 0 fully saturated rings. The van der Waals surface area contributed by atoms with E-state index in [0.717, 1.165) is 16.3 Å². The van der Waals surface area contributed by atoms with E-state index in [9.17, 15) is 5.11 Å². The Labute approximate surface area is 95.4 Å². The zero-order valence-corrected chi connectivity index (χ0v) is 9.06. The SMILES string of the molecule is C=CC(=C)[C@@H](O)c1cccc2ccccc12. The van der Waals surface area contributed by atoms with E-state index in [1.54, 1.807) is 6.08 Å². The van der Waals surface area contributed by atoms with Crippen molar-refractivity contribution < 1.29 is 5.11 Å². The van der Waals surface area contributed by atoms with Gasteiger partial charge in [0.25, 0.3) is 0 Å². The summed E-state index contributed by atoms with van der Waals surface area (Å²) in [6.45, 7) is 7.42. The zero-order valence-electron chi connectivity index (χ0n) is 9.06. The van der Waals surface area contributed by atoms with Crippen LogP contribution in [0.1, 0.15) is 11.7 Å². The third-order valence-corrected chi connectivity index (χ3v) is 2.73. The highest BCUT2D eigenvalue weighted by Crippen LogP contribution is 2.28. The molecular formula is C15H14O. The molecule has 0 bridgehead atoms. The molecule has 0 radical (unpaired) electrons. The number of aliphatic hydroxyl groups excluding tert-OH is 1. The van der Waals surface area contributed by atoms with Crippen LogP contribution in [0.2, 0.25) is 0 Å². The van der Waals surface area contributed by atoms with Crippen LogP contribution in [0.5, 0.6) is 0 Å². The topological polar surface area (TPSA) is 20.2 Å². The molecule has 0 aliphatic heterocycles. The van der Waals surface area contributed by atoms with Gasteiger partial charge in [-0.15, -0.1) is 0 Å². The van der Waals surface area contributed by atoms with E-state index in [1.165, 1.54) is 0 Å². The van der Waals surface area contributed by atoms with Crippen molar-refractivity contribution in [3.8, 4) is 0 Å². The summed E-state index contributed by atoms with van der Waals surface area (Å²) in [5, 5.41) is 12.3. The van der Waals surface area contributed by atoms with Crippen LogP contribution >= 0.6 is 0 Å². The molecular weight excluding hydrogens is 196 g/mol. The Morgan fingerprint density at radius 2 is 1.81 bits per heavy atom. The van der Waals surface area contributed by atoms with Gasteiger partial charge in [0.1, 0.15) is 6.10 Å². The number of hydrogen-bond donors (Lipinski definition) is 1. The molecule has 2 aromatic rings. The van der Waals surface area contributed by atoms with Gasteiger partial charge in [0.2, 0.25) is 0 Å². The quantitative estimate of drug-likeness (QED) is 0.767. The zero-order chi connectivity index (χ0) is 11.5. The molecule has 1 nitrogen and oxygen atoms in total. The highest BCUT2D eigenvalue weighted by molar-refractivity contribution is 5.86. The Balaban J connectivity index is 2.60. The van der Waals surface area contributed by atoms with Gasteiger partial charge in [-0.25, -0.2) is 0 Å². The summed E-state index contributed by atoms with van der Waals surface area (Å²) in [6.07, 6.45) is 0.912.